The summed E-state index contributed by atoms with van der Waals surface area (Å²) < 4.78 is 45.6. The van der Waals surface area contributed by atoms with E-state index in [1.54, 1.807) is 6.07 Å². The summed E-state index contributed by atoms with van der Waals surface area (Å²) in [6.45, 7) is 1.79. The smallest absolute Gasteiger partial charge is 0.274 e. The first-order chi connectivity index (χ1) is 15.1. The Kier molecular flexibility index (Phi) is 6.65. The van der Waals surface area contributed by atoms with E-state index >= 15 is 0 Å². The van der Waals surface area contributed by atoms with E-state index in [2.05, 4.69) is 15.3 Å². The van der Waals surface area contributed by atoms with E-state index in [1.807, 2.05) is 0 Å². The molecule has 32 heavy (non-hydrogen) atoms. The number of rotatable bonds is 7. The van der Waals surface area contributed by atoms with Crippen LogP contribution in [0.5, 0.6) is 5.75 Å². The number of hydrogen-bond donors (Lipinski definition) is 3. The van der Waals surface area contributed by atoms with Crippen LogP contribution in [-0.2, 0) is 15.6 Å². The summed E-state index contributed by atoms with van der Waals surface area (Å²) in [6.07, 6.45) is 1.85. The third kappa shape index (κ3) is 4.97. The van der Waals surface area contributed by atoms with Gasteiger partial charge >= 0.3 is 0 Å². The van der Waals surface area contributed by atoms with Crippen LogP contribution in [0.4, 0.5) is 10.1 Å². The molecule has 0 aliphatic carbocycles. The van der Waals surface area contributed by atoms with Gasteiger partial charge in [0, 0.05) is 31.3 Å². The molecule has 10 nitrogen and oxygen atoms in total. The average molecular weight is 466 g/mol. The number of carbonyl (C=O) groups is 1. The van der Waals surface area contributed by atoms with Gasteiger partial charge in [0.15, 0.2) is 0 Å². The summed E-state index contributed by atoms with van der Waals surface area (Å²) in [6, 6.07) is 6.83. The molecule has 0 saturated carbocycles. The highest BCUT2D eigenvalue weighted by molar-refractivity contribution is 7.89. The molecule has 0 bridgehead atoms. The van der Waals surface area contributed by atoms with Crippen molar-refractivity contribution in [2.45, 2.75) is 18.9 Å². The van der Waals surface area contributed by atoms with Gasteiger partial charge < -0.3 is 20.9 Å². The molecule has 1 aromatic heterocycles. The number of ether oxygens (including phenoxy) is 1. The Morgan fingerprint density at radius 2 is 2.12 bits per heavy atom. The highest BCUT2D eigenvalue weighted by atomic mass is 32.2. The molecule has 2 heterocycles. The van der Waals surface area contributed by atoms with Crippen LogP contribution in [0.25, 0.3) is 0 Å². The number of guanidine groups is 1. The Bertz CT molecular complexity index is 1140. The molecule has 3 rings (SSSR count). The monoisotopic (exact) mass is 465 g/mol. The second-order valence-electron chi connectivity index (χ2n) is 7.42. The maximum Gasteiger partial charge on any atom is 0.274 e. The highest BCUT2D eigenvalue weighted by Gasteiger charge is 2.41. The van der Waals surface area contributed by atoms with Gasteiger partial charge in [-0.15, -0.1) is 0 Å². The van der Waals surface area contributed by atoms with Crippen molar-refractivity contribution in [1.29, 1.82) is 0 Å². The minimum absolute atomic E-state index is 0.00710. The number of pyridine rings is 1. The van der Waals surface area contributed by atoms with Crippen LogP contribution in [-0.4, -0.2) is 60.7 Å². The highest BCUT2D eigenvalue weighted by Crippen LogP contribution is 2.34. The van der Waals surface area contributed by atoms with Crippen molar-refractivity contribution in [3.63, 3.8) is 0 Å². The van der Waals surface area contributed by atoms with Crippen molar-refractivity contribution in [3.8, 4) is 5.75 Å². The molecular weight excluding hydrogens is 441 g/mol. The van der Waals surface area contributed by atoms with Gasteiger partial charge in [-0.25, -0.2) is 27.1 Å². The fourth-order valence-electron chi connectivity index (χ4n) is 3.15. The molecule has 1 amide bonds. The summed E-state index contributed by atoms with van der Waals surface area (Å²) >= 11 is 0. The zero-order chi connectivity index (χ0) is 23.5. The van der Waals surface area contributed by atoms with Crippen LogP contribution in [0.3, 0.4) is 0 Å². The number of anilines is 1. The molecule has 2 aromatic rings. The van der Waals surface area contributed by atoms with Crippen molar-refractivity contribution in [3.05, 3.63) is 53.6 Å². The number of aliphatic imine (C=N–C) groups is 1. The Balaban J connectivity index is 1.81. The molecule has 0 fully saturated rings. The van der Waals surface area contributed by atoms with Gasteiger partial charge in [0.1, 0.15) is 22.8 Å². The normalized spacial score (nSPS) is 19.9. The second kappa shape index (κ2) is 9.09. The Hall–Kier alpha value is -3.25. The predicted molar refractivity (Wildman–Crippen MR) is 116 cm³/mol. The number of halogens is 1. The zero-order valence-electron chi connectivity index (χ0n) is 17.6. The predicted octanol–water partition coefficient (Wildman–Crippen LogP) is 1.04. The minimum Gasteiger partial charge on any atom is -0.492 e. The lowest BCUT2D eigenvalue weighted by molar-refractivity contribution is 0.102. The number of nitrogens with one attached hydrogen (secondary N) is 1. The molecular formula is C20H24FN5O5S. The topological polar surface area (TPSA) is 147 Å². The number of carbonyl (C=O) groups excluding carboxylic acids is 1. The summed E-state index contributed by atoms with van der Waals surface area (Å²) in [7, 11) is -2.51. The van der Waals surface area contributed by atoms with Crippen LogP contribution in [0.2, 0.25) is 0 Å². The summed E-state index contributed by atoms with van der Waals surface area (Å²) in [5, 5.41) is 11.4. The van der Waals surface area contributed by atoms with E-state index < -0.39 is 33.0 Å². The number of nitrogens with zero attached hydrogens (tertiary/aromatic N) is 3. The SMILES string of the molecule is CN1C(N)=N[C@](C)(c2cc(NC(=O)c3ccc(OCCCO)cn3)ccc2F)CS1(=O)=O. The number of sulfonamides is 1. The molecule has 1 aliphatic rings. The molecule has 4 N–H and O–H groups in total. The third-order valence-electron chi connectivity index (χ3n) is 4.91. The summed E-state index contributed by atoms with van der Waals surface area (Å²) in [4.78, 5) is 20.8. The molecule has 12 heteroatoms. The Labute approximate surface area is 185 Å². The van der Waals surface area contributed by atoms with E-state index in [-0.39, 0.29) is 29.5 Å². The lowest BCUT2D eigenvalue weighted by atomic mass is 9.93. The zero-order valence-corrected chi connectivity index (χ0v) is 18.4. The fraction of sp³-hybridized carbons (Fsp3) is 0.350. The fourth-order valence-corrected chi connectivity index (χ4v) is 4.60. The van der Waals surface area contributed by atoms with E-state index in [1.165, 1.54) is 38.4 Å². The number of aliphatic hydroxyl groups is 1. The van der Waals surface area contributed by atoms with Crippen LogP contribution in [0.1, 0.15) is 29.4 Å². The lowest BCUT2D eigenvalue weighted by Gasteiger charge is -2.34. The van der Waals surface area contributed by atoms with E-state index in [0.29, 0.717) is 18.8 Å². The average Bonchev–Trinajstić information content (AvgIpc) is 2.73. The first kappa shape index (κ1) is 23.4. The first-order valence-corrected chi connectivity index (χ1v) is 11.3. The van der Waals surface area contributed by atoms with E-state index in [0.717, 1.165) is 10.4 Å². The van der Waals surface area contributed by atoms with Gasteiger partial charge in [0.05, 0.1) is 18.6 Å². The van der Waals surface area contributed by atoms with Crippen molar-refractivity contribution in [1.82, 2.24) is 9.29 Å². The van der Waals surface area contributed by atoms with Crippen LogP contribution in [0, 0.1) is 5.82 Å². The van der Waals surface area contributed by atoms with Crippen molar-refractivity contribution in [2.75, 3.05) is 31.3 Å². The molecule has 1 aromatic carbocycles. The second-order valence-corrected chi connectivity index (χ2v) is 9.42. The lowest BCUT2D eigenvalue weighted by Crippen LogP contribution is -2.50. The molecule has 172 valence electrons. The molecule has 0 radical (unpaired) electrons. The Morgan fingerprint density at radius 1 is 1.38 bits per heavy atom. The number of nitrogens with two attached hydrogens (primary N) is 1. The third-order valence-corrected chi connectivity index (χ3v) is 6.86. The standard InChI is InChI=1S/C20H24FN5O5S/c1-20(12-32(29,30)26(2)19(22)25-20)15-10-13(4-6-16(15)21)24-18(28)17-7-5-14(11-23-17)31-9-3-8-27/h4-7,10-11,27H,3,8-9,12H2,1-2H3,(H2,22,25)(H,24,28)/t20-/m0/s1. The van der Waals surface area contributed by atoms with Crippen LogP contribution >= 0.6 is 0 Å². The first-order valence-electron chi connectivity index (χ1n) is 9.69. The van der Waals surface area contributed by atoms with Gasteiger partial charge in [-0.1, -0.05) is 0 Å². The van der Waals surface area contributed by atoms with Crippen LogP contribution in [0.15, 0.2) is 41.5 Å². The summed E-state index contributed by atoms with van der Waals surface area (Å²) in [5.41, 5.74) is 4.59. The van der Waals surface area contributed by atoms with Gasteiger partial charge in [0.2, 0.25) is 16.0 Å². The summed E-state index contributed by atoms with van der Waals surface area (Å²) in [5.74, 6) is -1.51. The maximum absolute atomic E-state index is 14.6. The van der Waals surface area contributed by atoms with E-state index in [4.69, 9.17) is 15.6 Å². The van der Waals surface area contributed by atoms with Crippen molar-refractivity contribution < 1.29 is 27.4 Å². The molecule has 1 atom stereocenters. The molecule has 1 aliphatic heterocycles. The van der Waals surface area contributed by atoms with Gasteiger partial charge in [-0.3, -0.25) is 4.79 Å². The van der Waals surface area contributed by atoms with Gasteiger partial charge in [-0.05, 0) is 37.3 Å². The number of amides is 1. The number of aromatic nitrogens is 1. The van der Waals surface area contributed by atoms with E-state index in [9.17, 15) is 17.6 Å². The van der Waals surface area contributed by atoms with Crippen molar-refractivity contribution >= 4 is 27.6 Å². The molecule has 0 unspecified atom stereocenters. The minimum atomic E-state index is -3.79. The van der Waals surface area contributed by atoms with Gasteiger partial charge in [-0.2, -0.15) is 0 Å². The Morgan fingerprint density at radius 3 is 2.75 bits per heavy atom. The number of aliphatic hydroxyl groups excluding tert-OH is 1. The largest absolute Gasteiger partial charge is 0.492 e. The molecule has 0 spiro atoms. The van der Waals surface area contributed by atoms with Gasteiger partial charge in [0.25, 0.3) is 5.91 Å². The maximum atomic E-state index is 14.6. The van der Waals surface area contributed by atoms with Crippen LogP contribution < -0.4 is 15.8 Å². The quantitative estimate of drug-likeness (QED) is 0.518. The number of benzene rings is 1. The van der Waals surface area contributed by atoms with Crippen molar-refractivity contribution in [2.24, 2.45) is 10.7 Å². The molecule has 0 saturated heterocycles. The number of hydrogen-bond acceptors (Lipinski definition) is 8.